The smallest absolute Gasteiger partial charge is 0.420 e. The zero-order valence-corrected chi connectivity index (χ0v) is 19.4. The van der Waals surface area contributed by atoms with Gasteiger partial charge in [0.05, 0.1) is 25.1 Å². The lowest BCUT2D eigenvalue weighted by Gasteiger charge is -2.18. The van der Waals surface area contributed by atoms with Crippen LogP contribution in [0.3, 0.4) is 0 Å². The van der Waals surface area contributed by atoms with Gasteiger partial charge in [-0.1, -0.05) is 39.0 Å². The van der Waals surface area contributed by atoms with Crippen LogP contribution in [0.25, 0.3) is 11.3 Å². The highest BCUT2D eigenvalue weighted by Crippen LogP contribution is 2.33. The minimum atomic E-state index is -0.536. The zero-order chi connectivity index (χ0) is 22.8. The van der Waals surface area contributed by atoms with Crippen molar-refractivity contribution in [1.29, 1.82) is 0 Å². The molecule has 3 rings (SSSR count). The second-order valence-corrected chi connectivity index (χ2v) is 8.27. The van der Waals surface area contributed by atoms with Crippen LogP contribution in [0.1, 0.15) is 45.4 Å². The fourth-order valence-electron chi connectivity index (χ4n) is 3.27. The van der Waals surface area contributed by atoms with Gasteiger partial charge in [0.1, 0.15) is 11.6 Å². The van der Waals surface area contributed by atoms with E-state index in [1.165, 1.54) is 67.6 Å². The van der Waals surface area contributed by atoms with Crippen molar-refractivity contribution < 1.29 is 18.7 Å². The first kappa shape index (κ1) is 23.7. The lowest BCUT2D eigenvalue weighted by Crippen LogP contribution is -2.25. The number of hydrogen-bond acceptors (Lipinski definition) is 5. The number of benzene rings is 2. The number of carbonyl (C=O) groups excluding carboxylic acids is 1. The van der Waals surface area contributed by atoms with E-state index in [4.69, 9.17) is 9.47 Å². The summed E-state index contributed by atoms with van der Waals surface area (Å²) in [6.45, 7) is 2.90. The summed E-state index contributed by atoms with van der Waals surface area (Å²) >= 11 is 1.31. The Morgan fingerprint density at radius 1 is 1.00 bits per heavy atom. The Bertz CT molecular complexity index is 974. The van der Waals surface area contributed by atoms with Crippen LogP contribution in [-0.2, 0) is 4.74 Å². The summed E-state index contributed by atoms with van der Waals surface area (Å²) in [5.74, 6) is 0.456. The maximum atomic E-state index is 13.2. The summed E-state index contributed by atoms with van der Waals surface area (Å²) in [6.07, 6.45) is 6.75. The van der Waals surface area contributed by atoms with Gasteiger partial charge in [0, 0.05) is 10.9 Å². The lowest BCUT2D eigenvalue weighted by molar-refractivity contribution is 0.181. The molecule has 0 radical (unpaired) electrons. The molecular weight excluding hydrogens is 427 g/mol. The summed E-state index contributed by atoms with van der Waals surface area (Å²) in [7, 11) is 1.34. The molecule has 7 heteroatoms. The highest BCUT2D eigenvalue weighted by atomic mass is 32.1. The molecule has 0 unspecified atom stereocenters. The first-order valence-electron chi connectivity index (χ1n) is 10.9. The van der Waals surface area contributed by atoms with Gasteiger partial charge < -0.3 is 9.47 Å². The summed E-state index contributed by atoms with van der Waals surface area (Å²) < 4.78 is 24.0. The third-order valence-electron chi connectivity index (χ3n) is 5.04. The van der Waals surface area contributed by atoms with Crippen LogP contribution in [-0.4, -0.2) is 24.8 Å². The third-order valence-corrected chi connectivity index (χ3v) is 5.87. The second-order valence-electron chi connectivity index (χ2n) is 7.44. The Balaban J connectivity index is 1.65. The number of thiazole rings is 1. The molecule has 0 spiro atoms. The van der Waals surface area contributed by atoms with Gasteiger partial charge in [0.25, 0.3) is 0 Å². The number of anilines is 2. The Morgan fingerprint density at radius 3 is 2.38 bits per heavy atom. The van der Waals surface area contributed by atoms with Gasteiger partial charge in [0.2, 0.25) is 0 Å². The Hall–Kier alpha value is -2.93. The number of nitrogens with zero attached hydrogens (tertiary/aromatic N) is 2. The van der Waals surface area contributed by atoms with Crippen molar-refractivity contribution >= 4 is 28.2 Å². The summed E-state index contributed by atoms with van der Waals surface area (Å²) in [5, 5.41) is 2.30. The molecule has 0 N–H and O–H groups in total. The molecule has 0 saturated heterocycles. The van der Waals surface area contributed by atoms with Crippen molar-refractivity contribution in [3.05, 3.63) is 59.7 Å². The van der Waals surface area contributed by atoms with E-state index in [1.54, 1.807) is 12.1 Å². The van der Waals surface area contributed by atoms with Gasteiger partial charge in [-0.25, -0.2) is 19.1 Å². The SMILES string of the molecule is CCCCCCCCOc1ccc(N(C(=O)OC)c2nc(-c3ccc(F)cc3)cs2)cc1. The van der Waals surface area contributed by atoms with Crippen molar-refractivity contribution in [3.8, 4) is 17.0 Å². The first-order valence-corrected chi connectivity index (χ1v) is 11.8. The Morgan fingerprint density at radius 2 is 1.69 bits per heavy atom. The molecule has 1 amide bonds. The number of ether oxygens (including phenoxy) is 2. The monoisotopic (exact) mass is 456 g/mol. The molecule has 2 aromatic carbocycles. The average Bonchev–Trinajstić information content (AvgIpc) is 3.29. The zero-order valence-electron chi connectivity index (χ0n) is 18.6. The number of amides is 1. The van der Waals surface area contributed by atoms with Crippen LogP contribution in [0, 0.1) is 5.82 Å². The van der Waals surface area contributed by atoms with Crippen LogP contribution in [0.15, 0.2) is 53.9 Å². The van der Waals surface area contributed by atoms with Crippen molar-refractivity contribution in [2.24, 2.45) is 0 Å². The molecule has 32 heavy (non-hydrogen) atoms. The molecule has 0 saturated carbocycles. The van der Waals surface area contributed by atoms with Crippen molar-refractivity contribution in [1.82, 2.24) is 4.98 Å². The number of aromatic nitrogens is 1. The van der Waals surface area contributed by atoms with Crippen LogP contribution in [0.2, 0.25) is 0 Å². The van der Waals surface area contributed by atoms with Gasteiger partial charge in [-0.05, 0) is 55.0 Å². The predicted molar refractivity (Wildman–Crippen MR) is 127 cm³/mol. The first-order chi connectivity index (χ1) is 15.6. The predicted octanol–water partition coefficient (Wildman–Crippen LogP) is 7.59. The van der Waals surface area contributed by atoms with E-state index in [9.17, 15) is 9.18 Å². The second kappa shape index (κ2) is 12.2. The van der Waals surface area contributed by atoms with Gasteiger partial charge >= 0.3 is 6.09 Å². The maximum absolute atomic E-state index is 13.2. The van der Waals surface area contributed by atoms with E-state index in [0.717, 1.165) is 17.7 Å². The quantitative estimate of drug-likeness (QED) is 0.279. The van der Waals surface area contributed by atoms with Gasteiger partial charge in [-0.2, -0.15) is 0 Å². The minimum Gasteiger partial charge on any atom is -0.494 e. The number of hydrogen-bond donors (Lipinski definition) is 0. The fourth-order valence-corrected chi connectivity index (χ4v) is 4.11. The standard InChI is InChI=1S/C25H29FN2O3S/c1-3-4-5-6-7-8-17-31-22-15-13-21(14-16-22)28(25(29)30-2)24-27-23(18-32-24)19-9-11-20(26)12-10-19/h9-16,18H,3-8,17H2,1-2H3. The summed E-state index contributed by atoms with van der Waals surface area (Å²) in [5.41, 5.74) is 2.07. The van der Waals surface area contributed by atoms with Crippen molar-refractivity contribution in [2.45, 2.75) is 45.4 Å². The van der Waals surface area contributed by atoms with Crippen LogP contribution < -0.4 is 9.64 Å². The van der Waals surface area contributed by atoms with Gasteiger partial charge in [-0.3, -0.25) is 0 Å². The molecular formula is C25H29FN2O3S. The van der Waals surface area contributed by atoms with E-state index >= 15 is 0 Å². The highest BCUT2D eigenvalue weighted by molar-refractivity contribution is 7.14. The summed E-state index contributed by atoms with van der Waals surface area (Å²) in [4.78, 5) is 18.5. The van der Waals surface area contributed by atoms with Gasteiger partial charge in [-0.15, -0.1) is 11.3 Å². The molecule has 0 aliphatic heterocycles. The number of carbonyl (C=O) groups is 1. The van der Waals surface area contributed by atoms with Gasteiger partial charge in [0.15, 0.2) is 5.13 Å². The lowest BCUT2D eigenvalue weighted by atomic mass is 10.1. The van der Waals surface area contributed by atoms with E-state index in [-0.39, 0.29) is 5.82 Å². The van der Waals surface area contributed by atoms with E-state index in [0.29, 0.717) is 23.1 Å². The third kappa shape index (κ3) is 6.53. The number of halogens is 1. The molecule has 1 heterocycles. The average molecular weight is 457 g/mol. The molecule has 3 aromatic rings. The van der Waals surface area contributed by atoms with Crippen LogP contribution in [0.4, 0.5) is 20.0 Å². The Labute approximate surface area is 192 Å². The van der Waals surface area contributed by atoms with Crippen molar-refractivity contribution in [2.75, 3.05) is 18.6 Å². The molecule has 0 aliphatic rings. The highest BCUT2D eigenvalue weighted by Gasteiger charge is 2.22. The normalized spacial score (nSPS) is 10.7. The molecule has 0 fully saturated rings. The largest absolute Gasteiger partial charge is 0.494 e. The molecule has 0 atom stereocenters. The number of methoxy groups -OCH3 is 1. The minimum absolute atomic E-state index is 0.306. The molecule has 5 nitrogen and oxygen atoms in total. The maximum Gasteiger partial charge on any atom is 0.420 e. The molecule has 1 aromatic heterocycles. The molecule has 0 bridgehead atoms. The number of unbranched alkanes of at least 4 members (excludes halogenated alkanes) is 5. The Kier molecular flexibility index (Phi) is 9.04. The molecule has 0 aliphatic carbocycles. The van der Waals surface area contributed by atoms with Crippen LogP contribution >= 0.6 is 11.3 Å². The molecule has 170 valence electrons. The van der Waals surface area contributed by atoms with E-state index in [1.807, 2.05) is 29.6 Å². The van der Waals surface area contributed by atoms with E-state index < -0.39 is 6.09 Å². The van der Waals surface area contributed by atoms with E-state index in [2.05, 4.69) is 11.9 Å². The van der Waals surface area contributed by atoms with Crippen LogP contribution in [0.5, 0.6) is 5.75 Å². The fraction of sp³-hybridized carbons (Fsp3) is 0.360. The number of rotatable bonds is 11. The van der Waals surface area contributed by atoms with Crippen molar-refractivity contribution in [3.63, 3.8) is 0 Å². The topological polar surface area (TPSA) is 51.7 Å². The summed E-state index contributed by atoms with van der Waals surface area (Å²) in [6, 6.07) is 13.4.